The van der Waals surface area contributed by atoms with E-state index in [2.05, 4.69) is 144 Å². The summed E-state index contributed by atoms with van der Waals surface area (Å²) in [5.74, 6) is 0.628. The van der Waals surface area contributed by atoms with Crippen LogP contribution < -0.4 is 4.90 Å². The lowest BCUT2D eigenvalue weighted by Crippen LogP contribution is -2.10. The van der Waals surface area contributed by atoms with Crippen LogP contribution in [0.4, 0.5) is 17.1 Å². The SMILES string of the molecule is c1ccc(-c2nc3c(-c4ccc(N(c5cccc(-c6cccc7ccccc67)c5)c5ccc6ccccc6c5)cc4)cccc3o2)cc1. The van der Waals surface area contributed by atoms with Crippen molar-refractivity contribution in [2.75, 3.05) is 4.90 Å². The second-order valence-electron chi connectivity index (χ2n) is 12.0. The third-order valence-electron chi connectivity index (χ3n) is 9.07. The summed E-state index contributed by atoms with van der Waals surface area (Å²) in [5, 5.41) is 4.90. The first-order valence-electron chi connectivity index (χ1n) is 16.2. The minimum absolute atomic E-state index is 0.628. The molecule has 0 amide bonds. The van der Waals surface area contributed by atoms with Gasteiger partial charge in [-0.3, -0.25) is 0 Å². The molecule has 0 aliphatic heterocycles. The fraction of sp³-hybridized carbons (Fsp3) is 0. The van der Waals surface area contributed by atoms with Gasteiger partial charge in [-0.15, -0.1) is 0 Å². The maximum absolute atomic E-state index is 6.18. The van der Waals surface area contributed by atoms with Crippen molar-refractivity contribution in [3.63, 3.8) is 0 Å². The van der Waals surface area contributed by atoms with E-state index in [0.29, 0.717) is 5.89 Å². The van der Waals surface area contributed by atoms with Gasteiger partial charge in [-0.1, -0.05) is 127 Å². The molecule has 1 heterocycles. The minimum Gasteiger partial charge on any atom is -0.436 e. The zero-order valence-corrected chi connectivity index (χ0v) is 26.1. The smallest absolute Gasteiger partial charge is 0.227 e. The van der Waals surface area contributed by atoms with Gasteiger partial charge in [0.25, 0.3) is 0 Å². The summed E-state index contributed by atoms with van der Waals surface area (Å²) in [6.07, 6.45) is 0. The number of hydrogen-bond acceptors (Lipinski definition) is 3. The van der Waals surface area contributed by atoms with Crippen molar-refractivity contribution >= 4 is 49.7 Å². The van der Waals surface area contributed by atoms with Crippen molar-refractivity contribution in [2.45, 2.75) is 0 Å². The van der Waals surface area contributed by atoms with Gasteiger partial charge in [0.1, 0.15) is 5.52 Å². The molecule has 0 aliphatic rings. The van der Waals surface area contributed by atoms with E-state index in [1.165, 1.54) is 32.7 Å². The Morgan fingerprint density at radius 2 is 1.04 bits per heavy atom. The largest absolute Gasteiger partial charge is 0.436 e. The van der Waals surface area contributed by atoms with Gasteiger partial charge in [-0.2, -0.15) is 0 Å². The van der Waals surface area contributed by atoms with Gasteiger partial charge in [-0.05, 0) is 92.8 Å². The second-order valence-corrected chi connectivity index (χ2v) is 12.0. The van der Waals surface area contributed by atoms with Crippen LogP contribution in [0.25, 0.3) is 66.4 Å². The van der Waals surface area contributed by atoms with Gasteiger partial charge in [0, 0.05) is 28.2 Å². The van der Waals surface area contributed by atoms with Gasteiger partial charge in [0.2, 0.25) is 5.89 Å². The molecule has 0 radical (unpaired) electrons. The number of oxazole rings is 1. The monoisotopic (exact) mass is 614 g/mol. The molecular weight excluding hydrogens is 585 g/mol. The summed E-state index contributed by atoms with van der Waals surface area (Å²) in [5.41, 5.74) is 10.4. The lowest BCUT2D eigenvalue weighted by atomic mass is 9.97. The molecule has 3 heteroatoms. The molecule has 0 saturated carbocycles. The molecule has 0 unspecified atom stereocenters. The Hall–Kier alpha value is -6.45. The molecule has 9 rings (SSSR count). The van der Waals surface area contributed by atoms with Crippen LogP contribution in [0, 0.1) is 0 Å². The lowest BCUT2D eigenvalue weighted by molar-refractivity contribution is 0.620. The van der Waals surface area contributed by atoms with Crippen LogP contribution >= 0.6 is 0 Å². The van der Waals surface area contributed by atoms with Crippen LogP contribution in [0.2, 0.25) is 0 Å². The van der Waals surface area contributed by atoms with E-state index in [1.807, 2.05) is 42.5 Å². The summed E-state index contributed by atoms with van der Waals surface area (Å²) < 4.78 is 6.18. The Kier molecular flexibility index (Phi) is 6.80. The minimum atomic E-state index is 0.628. The van der Waals surface area contributed by atoms with E-state index in [1.54, 1.807) is 0 Å². The molecule has 1 aromatic heterocycles. The Morgan fingerprint density at radius 3 is 1.92 bits per heavy atom. The molecule has 8 aromatic carbocycles. The van der Waals surface area contributed by atoms with Crippen LogP contribution in [-0.4, -0.2) is 4.98 Å². The lowest BCUT2D eigenvalue weighted by Gasteiger charge is -2.26. The molecule has 226 valence electrons. The van der Waals surface area contributed by atoms with Gasteiger partial charge in [-0.25, -0.2) is 4.98 Å². The van der Waals surface area contributed by atoms with E-state index < -0.39 is 0 Å². The highest BCUT2D eigenvalue weighted by atomic mass is 16.3. The van der Waals surface area contributed by atoms with E-state index in [0.717, 1.165) is 44.9 Å². The first-order chi connectivity index (χ1) is 23.8. The first kappa shape index (κ1) is 27.8. The Bertz CT molecular complexity index is 2560. The number of para-hydroxylation sites is 1. The van der Waals surface area contributed by atoms with Crippen molar-refractivity contribution in [3.8, 4) is 33.7 Å². The van der Waals surface area contributed by atoms with Gasteiger partial charge in [0.05, 0.1) is 0 Å². The Morgan fingerprint density at radius 1 is 0.396 bits per heavy atom. The molecule has 0 atom stereocenters. The number of aromatic nitrogens is 1. The standard InChI is InChI=1S/C45H30N2O/c1-2-13-34(14-3-1)45-46-44-42(21-10-22-43(44)48-45)33-24-26-37(27-25-33)47(39-28-23-31-11-4-5-15-35(31)29-39)38-18-8-17-36(30-38)41-20-9-16-32-12-6-7-19-40(32)41/h1-30H. The average molecular weight is 615 g/mol. The normalized spacial score (nSPS) is 11.3. The number of rotatable bonds is 6. The van der Waals surface area contributed by atoms with Gasteiger partial charge >= 0.3 is 0 Å². The highest BCUT2D eigenvalue weighted by Crippen LogP contribution is 2.40. The molecule has 0 spiro atoms. The molecule has 48 heavy (non-hydrogen) atoms. The van der Waals surface area contributed by atoms with E-state index >= 15 is 0 Å². The van der Waals surface area contributed by atoms with Crippen LogP contribution in [0.5, 0.6) is 0 Å². The summed E-state index contributed by atoms with van der Waals surface area (Å²) in [6.45, 7) is 0. The molecule has 0 aliphatic carbocycles. The summed E-state index contributed by atoms with van der Waals surface area (Å²) in [4.78, 5) is 7.27. The maximum atomic E-state index is 6.18. The highest BCUT2D eigenvalue weighted by molar-refractivity contribution is 5.98. The molecule has 9 aromatic rings. The van der Waals surface area contributed by atoms with Crippen LogP contribution in [-0.2, 0) is 0 Å². The van der Waals surface area contributed by atoms with Crippen LogP contribution in [0.1, 0.15) is 0 Å². The molecule has 0 bridgehead atoms. The number of anilines is 3. The Balaban J connectivity index is 1.16. The number of nitrogens with zero attached hydrogens (tertiary/aromatic N) is 2. The van der Waals surface area contributed by atoms with E-state index in [4.69, 9.17) is 9.40 Å². The third kappa shape index (κ3) is 4.99. The van der Waals surface area contributed by atoms with Crippen molar-refractivity contribution in [3.05, 3.63) is 182 Å². The quantitative estimate of drug-likeness (QED) is 0.187. The molecule has 0 saturated heterocycles. The number of benzene rings is 8. The highest BCUT2D eigenvalue weighted by Gasteiger charge is 2.17. The first-order valence-corrected chi connectivity index (χ1v) is 16.2. The third-order valence-corrected chi connectivity index (χ3v) is 9.07. The van der Waals surface area contributed by atoms with Gasteiger partial charge in [0.15, 0.2) is 5.58 Å². The van der Waals surface area contributed by atoms with Crippen molar-refractivity contribution in [1.82, 2.24) is 4.98 Å². The molecule has 0 N–H and O–H groups in total. The predicted molar refractivity (Wildman–Crippen MR) is 200 cm³/mol. The van der Waals surface area contributed by atoms with E-state index in [-0.39, 0.29) is 0 Å². The van der Waals surface area contributed by atoms with Crippen molar-refractivity contribution < 1.29 is 4.42 Å². The molecule has 3 nitrogen and oxygen atoms in total. The van der Waals surface area contributed by atoms with Crippen molar-refractivity contribution in [1.29, 1.82) is 0 Å². The van der Waals surface area contributed by atoms with Crippen molar-refractivity contribution in [2.24, 2.45) is 0 Å². The second kappa shape index (κ2) is 11.7. The topological polar surface area (TPSA) is 29.3 Å². The van der Waals surface area contributed by atoms with Crippen LogP contribution in [0.15, 0.2) is 186 Å². The zero-order valence-electron chi connectivity index (χ0n) is 26.1. The summed E-state index contributed by atoms with van der Waals surface area (Å²) in [6, 6.07) is 64.1. The summed E-state index contributed by atoms with van der Waals surface area (Å²) in [7, 11) is 0. The van der Waals surface area contributed by atoms with Gasteiger partial charge < -0.3 is 9.32 Å². The predicted octanol–water partition coefficient (Wildman–Crippen LogP) is 12.6. The fourth-order valence-electron chi connectivity index (χ4n) is 6.73. The number of fused-ring (bicyclic) bond motifs is 3. The molecule has 0 fully saturated rings. The summed E-state index contributed by atoms with van der Waals surface area (Å²) >= 11 is 0. The number of hydrogen-bond donors (Lipinski definition) is 0. The van der Waals surface area contributed by atoms with E-state index in [9.17, 15) is 0 Å². The fourth-order valence-corrected chi connectivity index (χ4v) is 6.73. The van der Waals surface area contributed by atoms with Crippen LogP contribution in [0.3, 0.4) is 0 Å². The Labute approximate surface area is 279 Å². The zero-order chi connectivity index (χ0) is 31.9. The maximum Gasteiger partial charge on any atom is 0.227 e. The molecular formula is C45H30N2O. The average Bonchev–Trinajstić information content (AvgIpc) is 3.61.